The van der Waals surface area contributed by atoms with Crippen LogP contribution in [-0.4, -0.2) is 37.8 Å². The molecule has 1 aromatic carbocycles. The summed E-state index contributed by atoms with van der Waals surface area (Å²) < 4.78 is 43.3. The van der Waals surface area contributed by atoms with E-state index in [0.717, 1.165) is 38.1 Å². The summed E-state index contributed by atoms with van der Waals surface area (Å²) in [5.74, 6) is 6.37. The molecule has 1 aliphatic rings. The Kier molecular flexibility index (Phi) is 6.92. The van der Waals surface area contributed by atoms with Gasteiger partial charge in [0.05, 0.1) is 24.3 Å². The lowest BCUT2D eigenvalue weighted by Gasteiger charge is -2.21. The molecule has 7 heteroatoms. The number of aliphatic imine (C=N–C) groups is 1. The average molecular weight is 367 g/mol. The summed E-state index contributed by atoms with van der Waals surface area (Å²) in [5, 5.41) is 6.23. The van der Waals surface area contributed by atoms with Crippen LogP contribution in [0.2, 0.25) is 0 Å². The van der Waals surface area contributed by atoms with Crippen LogP contribution in [0, 0.1) is 11.8 Å². The number of hydrogen-bond acceptors (Lipinski definition) is 2. The predicted octanol–water partition coefficient (Wildman–Crippen LogP) is 3.18. The van der Waals surface area contributed by atoms with Crippen LogP contribution in [-0.2, 0) is 10.9 Å². The molecular weight excluding hydrogens is 343 g/mol. The molecule has 4 nitrogen and oxygen atoms in total. The monoisotopic (exact) mass is 367 g/mol. The third kappa shape index (κ3) is 6.26. The predicted molar refractivity (Wildman–Crippen MR) is 95.9 cm³/mol. The van der Waals surface area contributed by atoms with Gasteiger partial charge in [0.2, 0.25) is 0 Å². The summed E-state index contributed by atoms with van der Waals surface area (Å²) in [6.45, 7) is 6.42. The van der Waals surface area contributed by atoms with Crippen LogP contribution in [0.25, 0.3) is 0 Å². The van der Waals surface area contributed by atoms with Crippen LogP contribution in [0.15, 0.2) is 29.3 Å². The van der Waals surface area contributed by atoms with Gasteiger partial charge in [0.15, 0.2) is 5.96 Å². The zero-order valence-electron chi connectivity index (χ0n) is 15.0. The minimum atomic E-state index is -4.33. The van der Waals surface area contributed by atoms with Gasteiger partial charge in [-0.1, -0.05) is 11.8 Å². The summed E-state index contributed by atoms with van der Waals surface area (Å²) in [5.41, 5.74) is -0.354. The molecule has 0 aromatic heterocycles. The second-order valence-electron chi connectivity index (χ2n) is 6.33. The normalized spacial score (nSPS) is 20.4. The molecule has 0 amide bonds. The lowest BCUT2D eigenvalue weighted by atomic mass is 10.0. The highest BCUT2D eigenvalue weighted by Crippen LogP contribution is 2.29. The number of halogens is 3. The van der Waals surface area contributed by atoms with Crippen LogP contribution in [0.1, 0.15) is 37.8 Å². The Hall–Kier alpha value is -2.20. The van der Waals surface area contributed by atoms with Crippen molar-refractivity contribution in [3.8, 4) is 11.8 Å². The van der Waals surface area contributed by atoms with E-state index in [-0.39, 0.29) is 5.60 Å². The number of ether oxygens (including phenoxy) is 1. The first-order valence-electron chi connectivity index (χ1n) is 8.65. The second-order valence-corrected chi connectivity index (χ2v) is 6.33. The van der Waals surface area contributed by atoms with Crippen LogP contribution >= 0.6 is 0 Å². The fraction of sp³-hybridized carbons (Fsp3) is 0.526. The van der Waals surface area contributed by atoms with Gasteiger partial charge in [0.25, 0.3) is 0 Å². The number of benzene rings is 1. The molecular formula is C19H24F3N3O. The molecule has 2 rings (SSSR count). The van der Waals surface area contributed by atoms with Gasteiger partial charge in [-0.05, 0) is 51.0 Å². The van der Waals surface area contributed by atoms with Gasteiger partial charge in [0, 0.05) is 18.7 Å². The highest BCUT2D eigenvalue weighted by molar-refractivity contribution is 5.80. The van der Waals surface area contributed by atoms with Crippen LogP contribution in [0.4, 0.5) is 13.2 Å². The fourth-order valence-corrected chi connectivity index (χ4v) is 2.57. The molecule has 0 radical (unpaired) electrons. The Morgan fingerprint density at radius 1 is 1.27 bits per heavy atom. The maximum absolute atomic E-state index is 12.5. The van der Waals surface area contributed by atoms with Crippen molar-refractivity contribution in [2.45, 2.75) is 38.5 Å². The van der Waals surface area contributed by atoms with Gasteiger partial charge in [-0.2, -0.15) is 13.2 Å². The second kappa shape index (κ2) is 8.95. The van der Waals surface area contributed by atoms with Gasteiger partial charge >= 0.3 is 6.18 Å². The standard InChI is InChI=1S/C19H24F3N3O/c1-3-23-17(25-14-18(2)11-5-13-26-18)24-12-4-6-15-7-9-16(10-8-15)19(20,21)22/h7-10H,3,5,11-14H2,1-2H3,(H2,23,24,25). The van der Waals surface area contributed by atoms with Crippen LogP contribution < -0.4 is 10.6 Å². The van der Waals surface area contributed by atoms with Crippen molar-refractivity contribution < 1.29 is 17.9 Å². The zero-order chi connectivity index (χ0) is 19.0. The van der Waals surface area contributed by atoms with Crippen molar-refractivity contribution in [2.75, 3.05) is 26.2 Å². The molecule has 142 valence electrons. The van der Waals surface area contributed by atoms with E-state index < -0.39 is 11.7 Å². The molecule has 1 aromatic rings. The third-order valence-electron chi connectivity index (χ3n) is 4.01. The lowest BCUT2D eigenvalue weighted by Crippen LogP contribution is -2.39. The Labute approximate surface area is 152 Å². The van der Waals surface area contributed by atoms with Crippen LogP contribution in [0.5, 0.6) is 0 Å². The van der Waals surface area contributed by atoms with Crippen molar-refractivity contribution in [2.24, 2.45) is 4.99 Å². The molecule has 2 N–H and O–H groups in total. The highest BCUT2D eigenvalue weighted by atomic mass is 19.4. The SMILES string of the molecule is CCNC(=NCC1(C)CCCO1)NCC#Cc1ccc(C(F)(F)F)cc1. The summed E-state index contributed by atoms with van der Waals surface area (Å²) in [6, 6.07) is 4.80. The first-order valence-corrected chi connectivity index (χ1v) is 8.65. The molecule has 1 atom stereocenters. The van der Waals surface area contributed by atoms with E-state index in [2.05, 4.69) is 34.4 Å². The quantitative estimate of drug-likeness (QED) is 0.488. The van der Waals surface area contributed by atoms with Crippen molar-refractivity contribution in [3.63, 3.8) is 0 Å². The Balaban J connectivity index is 1.88. The van der Waals surface area contributed by atoms with E-state index in [9.17, 15) is 13.2 Å². The number of nitrogens with one attached hydrogen (secondary N) is 2. The number of alkyl halides is 3. The molecule has 0 spiro atoms. The maximum atomic E-state index is 12.5. The lowest BCUT2D eigenvalue weighted by molar-refractivity contribution is -0.137. The molecule has 1 unspecified atom stereocenters. The minimum Gasteiger partial charge on any atom is -0.373 e. The molecule has 1 heterocycles. The molecule has 0 aliphatic carbocycles. The Morgan fingerprint density at radius 3 is 2.58 bits per heavy atom. The number of hydrogen-bond donors (Lipinski definition) is 2. The van der Waals surface area contributed by atoms with Gasteiger partial charge in [-0.15, -0.1) is 0 Å². The van der Waals surface area contributed by atoms with E-state index in [1.807, 2.05) is 6.92 Å². The topological polar surface area (TPSA) is 45.7 Å². The molecule has 0 saturated carbocycles. The van der Waals surface area contributed by atoms with Gasteiger partial charge in [-0.3, -0.25) is 4.99 Å². The number of rotatable bonds is 4. The molecule has 1 saturated heterocycles. The van der Waals surface area contributed by atoms with Crippen molar-refractivity contribution in [1.82, 2.24) is 10.6 Å². The van der Waals surface area contributed by atoms with Crippen LogP contribution in [0.3, 0.4) is 0 Å². The highest BCUT2D eigenvalue weighted by Gasteiger charge is 2.30. The summed E-state index contributed by atoms with van der Waals surface area (Å²) >= 11 is 0. The Morgan fingerprint density at radius 2 is 2.00 bits per heavy atom. The smallest absolute Gasteiger partial charge is 0.373 e. The number of guanidine groups is 1. The van der Waals surface area contributed by atoms with E-state index >= 15 is 0 Å². The first-order chi connectivity index (χ1) is 12.3. The minimum absolute atomic E-state index is 0.214. The summed E-state index contributed by atoms with van der Waals surface area (Å²) in [7, 11) is 0. The molecule has 1 fully saturated rings. The molecule has 26 heavy (non-hydrogen) atoms. The van der Waals surface area contributed by atoms with Gasteiger partial charge in [-0.25, -0.2) is 0 Å². The Bertz CT molecular complexity index is 666. The molecule has 0 bridgehead atoms. The van der Waals surface area contributed by atoms with Crippen molar-refractivity contribution in [1.29, 1.82) is 0 Å². The first kappa shape index (κ1) is 20.1. The van der Waals surface area contributed by atoms with E-state index in [1.54, 1.807) is 0 Å². The third-order valence-corrected chi connectivity index (χ3v) is 4.01. The van der Waals surface area contributed by atoms with Crippen molar-refractivity contribution in [3.05, 3.63) is 35.4 Å². The van der Waals surface area contributed by atoms with E-state index in [4.69, 9.17) is 4.74 Å². The maximum Gasteiger partial charge on any atom is 0.416 e. The van der Waals surface area contributed by atoms with E-state index in [1.165, 1.54) is 12.1 Å². The van der Waals surface area contributed by atoms with Crippen molar-refractivity contribution >= 4 is 5.96 Å². The number of nitrogens with zero attached hydrogens (tertiary/aromatic N) is 1. The summed E-state index contributed by atoms with van der Waals surface area (Å²) in [6.07, 6.45) is -2.29. The fourth-order valence-electron chi connectivity index (χ4n) is 2.57. The summed E-state index contributed by atoms with van der Waals surface area (Å²) in [4.78, 5) is 4.53. The average Bonchev–Trinajstić information content (AvgIpc) is 3.03. The molecule has 1 aliphatic heterocycles. The largest absolute Gasteiger partial charge is 0.416 e. The zero-order valence-corrected chi connectivity index (χ0v) is 15.0. The van der Waals surface area contributed by atoms with E-state index in [0.29, 0.717) is 24.6 Å². The van der Waals surface area contributed by atoms with Gasteiger partial charge in [0.1, 0.15) is 0 Å². The van der Waals surface area contributed by atoms with Gasteiger partial charge < -0.3 is 15.4 Å².